The van der Waals surface area contributed by atoms with Crippen molar-refractivity contribution in [1.82, 2.24) is 9.62 Å². The molecule has 5 nitrogen and oxygen atoms in total. The third-order valence-electron chi connectivity index (χ3n) is 4.18. The molecule has 0 unspecified atom stereocenters. The first-order valence-corrected chi connectivity index (χ1v) is 9.89. The Morgan fingerprint density at radius 2 is 1.41 bits per heavy atom. The van der Waals surface area contributed by atoms with Crippen LogP contribution in [0.25, 0.3) is 11.1 Å². The third kappa shape index (κ3) is 4.17. The topological polar surface area (TPSA) is 66.5 Å². The van der Waals surface area contributed by atoms with E-state index in [0.717, 1.165) is 15.4 Å². The van der Waals surface area contributed by atoms with E-state index in [0.29, 0.717) is 5.56 Å². The highest BCUT2D eigenvalue weighted by molar-refractivity contribution is 7.89. The number of sulfonamides is 1. The minimum absolute atomic E-state index is 0.0913. The lowest BCUT2D eigenvalue weighted by Crippen LogP contribution is -2.40. The van der Waals surface area contributed by atoms with Crippen LogP contribution >= 0.6 is 0 Å². The summed E-state index contributed by atoms with van der Waals surface area (Å²) < 4.78 is 26.8. The van der Waals surface area contributed by atoms with Gasteiger partial charge >= 0.3 is 6.03 Å². The number of nitrogens with one attached hydrogen (secondary N) is 1. The highest BCUT2D eigenvalue weighted by Gasteiger charge is 2.28. The van der Waals surface area contributed by atoms with Gasteiger partial charge in [0.05, 0.1) is 4.90 Å². The number of amides is 2. The molecule has 0 saturated carbocycles. The molecule has 27 heavy (non-hydrogen) atoms. The molecule has 0 atom stereocenters. The van der Waals surface area contributed by atoms with Gasteiger partial charge in [0.15, 0.2) is 0 Å². The maximum Gasteiger partial charge on any atom is 0.331 e. The standard InChI is InChI=1S/C21H20N2O3S/c1-23(21(24)22-16-17-10-4-2-5-11-17)27(25,26)20-15-9-8-14-19(20)18-12-6-3-7-13-18/h2-15H,16H2,1H3,(H,22,24). The minimum Gasteiger partial charge on any atom is -0.333 e. The van der Waals surface area contributed by atoms with E-state index < -0.39 is 16.1 Å². The van der Waals surface area contributed by atoms with Gasteiger partial charge in [-0.05, 0) is 17.2 Å². The molecule has 0 fully saturated rings. The van der Waals surface area contributed by atoms with Crippen molar-refractivity contribution in [1.29, 1.82) is 0 Å². The molecule has 0 aliphatic carbocycles. The van der Waals surface area contributed by atoms with Gasteiger partial charge in [-0.2, -0.15) is 0 Å². The summed E-state index contributed by atoms with van der Waals surface area (Å²) >= 11 is 0. The summed E-state index contributed by atoms with van der Waals surface area (Å²) in [5.41, 5.74) is 2.22. The second-order valence-electron chi connectivity index (χ2n) is 5.98. The summed E-state index contributed by atoms with van der Waals surface area (Å²) in [4.78, 5) is 12.5. The van der Waals surface area contributed by atoms with Crippen molar-refractivity contribution in [2.24, 2.45) is 0 Å². The highest BCUT2D eigenvalue weighted by atomic mass is 32.2. The van der Waals surface area contributed by atoms with Crippen LogP contribution in [-0.2, 0) is 16.6 Å². The number of carbonyl (C=O) groups excluding carboxylic acids is 1. The Kier molecular flexibility index (Phi) is 5.57. The second-order valence-corrected chi connectivity index (χ2v) is 7.92. The SMILES string of the molecule is CN(C(=O)NCc1ccccc1)S(=O)(=O)c1ccccc1-c1ccccc1. The van der Waals surface area contributed by atoms with Gasteiger partial charge in [0.1, 0.15) is 0 Å². The van der Waals surface area contributed by atoms with Crippen LogP contribution in [0.15, 0.2) is 89.8 Å². The number of rotatable bonds is 5. The predicted octanol–water partition coefficient (Wildman–Crippen LogP) is 3.88. The van der Waals surface area contributed by atoms with E-state index in [4.69, 9.17) is 0 Å². The third-order valence-corrected chi connectivity index (χ3v) is 5.98. The normalized spacial score (nSPS) is 11.0. The average molecular weight is 380 g/mol. The lowest BCUT2D eigenvalue weighted by molar-refractivity contribution is 0.228. The van der Waals surface area contributed by atoms with Gasteiger partial charge in [0, 0.05) is 19.2 Å². The Bertz CT molecular complexity index is 1020. The molecule has 1 N–H and O–H groups in total. The molecule has 0 bridgehead atoms. The Morgan fingerprint density at radius 1 is 0.852 bits per heavy atom. The number of urea groups is 1. The molecule has 3 aromatic rings. The fourth-order valence-corrected chi connectivity index (χ4v) is 3.98. The second kappa shape index (κ2) is 8.05. The summed E-state index contributed by atoms with van der Waals surface area (Å²) in [6.07, 6.45) is 0. The van der Waals surface area contributed by atoms with E-state index >= 15 is 0 Å². The van der Waals surface area contributed by atoms with E-state index in [1.54, 1.807) is 18.2 Å². The first-order chi connectivity index (χ1) is 13.0. The summed E-state index contributed by atoms with van der Waals surface area (Å²) in [5, 5.41) is 2.64. The van der Waals surface area contributed by atoms with E-state index in [-0.39, 0.29) is 11.4 Å². The molecule has 138 valence electrons. The molecular weight excluding hydrogens is 360 g/mol. The van der Waals surface area contributed by atoms with Gasteiger partial charge in [0.25, 0.3) is 10.0 Å². The van der Waals surface area contributed by atoms with Gasteiger partial charge in [-0.25, -0.2) is 17.5 Å². The Hall–Kier alpha value is -3.12. The van der Waals surface area contributed by atoms with Crippen LogP contribution in [0.4, 0.5) is 4.79 Å². The molecule has 6 heteroatoms. The van der Waals surface area contributed by atoms with Crippen LogP contribution in [0.5, 0.6) is 0 Å². The molecule has 0 aromatic heterocycles. The molecule has 0 heterocycles. The van der Waals surface area contributed by atoms with Crippen molar-refractivity contribution in [2.45, 2.75) is 11.4 Å². The predicted molar refractivity (Wildman–Crippen MR) is 106 cm³/mol. The van der Waals surface area contributed by atoms with E-state index in [1.165, 1.54) is 13.1 Å². The summed E-state index contributed by atoms with van der Waals surface area (Å²) in [7, 11) is -2.74. The number of carbonyl (C=O) groups is 1. The van der Waals surface area contributed by atoms with Crippen molar-refractivity contribution in [3.05, 3.63) is 90.5 Å². The van der Waals surface area contributed by atoms with Gasteiger partial charge in [-0.1, -0.05) is 78.9 Å². The number of hydrogen-bond donors (Lipinski definition) is 1. The Balaban J connectivity index is 1.85. The van der Waals surface area contributed by atoms with Crippen LogP contribution in [0.2, 0.25) is 0 Å². The minimum atomic E-state index is -4.00. The molecule has 0 aliphatic rings. The average Bonchev–Trinajstić information content (AvgIpc) is 2.72. The fraction of sp³-hybridized carbons (Fsp3) is 0.0952. The summed E-state index contributed by atoms with van der Waals surface area (Å²) in [5.74, 6) is 0. The molecule has 0 radical (unpaired) electrons. The maximum atomic E-state index is 13.0. The van der Waals surface area contributed by atoms with Crippen LogP contribution in [0, 0.1) is 0 Å². The maximum absolute atomic E-state index is 13.0. The summed E-state index contributed by atoms with van der Waals surface area (Å²) in [6.45, 7) is 0.250. The monoisotopic (exact) mass is 380 g/mol. The van der Waals surface area contributed by atoms with Crippen molar-refractivity contribution < 1.29 is 13.2 Å². The zero-order valence-corrected chi connectivity index (χ0v) is 15.7. The van der Waals surface area contributed by atoms with Crippen molar-refractivity contribution >= 4 is 16.1 Å². The van der Waals surface area contributed by atoms with Crippen molar-refractivity contribution in [3.63, 3.8) is 0 Å². The van der Waals surface area contributed by atoms with E-state index in [1.807, 2.05) is 60.7 Å². The lowest BCUT2D eigenvalue weighted by Gasteiger charge is -2.20. The Morgan fingerprint density at radius 3 is 2.07 bits per heavy atom. The molecule has 3 aromatic carbocycles. The van der Waals surface area contributed by atoms with Gasteiger partial charge in [0.2, 0.25) is 0 Å². The van der Waals surface area contributed by atoms with E-state index in [9.17, 15) is 13.2 Å². The molecular formula is C21H20N2O3S. The van der Waals surface area contributed by atoms with E-state index in [2.05, 4.69) is 5.32 Å². The smallest absolute Gasteiger partial charge is 0.331 e. The van der Waals surface area contributed by atoms with Gasteiger partial charge in [-0.15, -0.1) is 0 Å². The van der Waals surface area contributed by atoms with Crippen molar-refractivity contribution in [2.75, 3.05) is 7.05 Å². The largest absolute Gasteiger partial charge is 0.333 e. The molecule has 0 saturated heterocycles. The first kappa shape index (κ1) is 18.7. The number of hydrogen-bond acceptors (Lipinski definition) is 3. The highest BCUT2D eigenvalue weighted by Crippen LogP contribution is 2.28. The van der Waals surface area contributed by atoms with Crippen LogP contribution in [0.1, 0.15) is 5.56 Å². The van der Waals surface area contributed by atoms with Crippen LogP contribution in [-0.4, -0.2) is 25.8 Å². The van der Waals surface area contributed by atoms with Crippen molar-refractivity contribution in [3.8, 4) is 11.1 Å². The van der Waals surface area contributed by atoms with Crippen LogP contribution in [0.3, 0.4) is 0 Å². The van der Waals surface area contributed by atoms with Gasteiger partial charge < -0.3 is 5.32 Å². The first-order valence-electron chi connectivity index (χ1n) is 8.45. The summed E-state index contributed by atoms with van der Waals surface area (Å²) in [6, 6.07) is 24.5. The molecule has 3 rings (SSSR count). The van der Waals surface area contributed by atoms with Gasteiger partial charge in [-0.3, -0.25) is 0 Å². The molecule has 2 amide bonds. The zero-order chi connectivity index (χ0) is 19.3. The Labute approximate surface area is 159 Å². The van der Waals surface area contributed by atoms with Crippen LogP contribution < -0.4 is 5.32 Å². The quantitative estimate of drug-likeness (QED) is 0.730. The fourth-order valence-electron chi connectivity index (χ4n) is 2.69. The number of benzene rings is 3. The molecule has 0 aliphatic heterocycles. The molecule has 0 spiro atoms. The number of nitrogens with zero attached hydrogens (tertiary/aromatic N) is 1. The lowest BCUT2D eigenvalue weighted by atomic mass is 10.1. The zero-order valence-electron chi connectivity index (χ0n) is 14.9.